The van der Waals surface area contributed by atoms with E-state index in [1.165, 1.54) is 6.33 Å². The Bertz CT molecular complexity index is 468. The second kappa shape index (κ2) is 4.61. The molecule has 2 heterocycles. The van der Waals surface area contributed by atoms with E-state index in [0.29, 0.717) is 0 Å². The van der Waals surface area contributed by atoms with Gasteiger partial charge in [0.15, 0.2) is 0 Å². The Morgan fingerprint density at radius 1 is 1.44 bits per heavy atom. The molecule has 0 radical (unpaired) electrons. The molecule has 0 spiro atoms. The predicted molar refractivity (Wildman–Crippen MR) is 65.1 cm³/mol. The van der Waals surface area contributed by atoms with E-state index in [-0.39, 0.29) is 6.04 Å². The zero-order chi connectivity index (χ0) is 11.5. The minimum atomic E-state index is 0.0515. The molecule has 0 amide bonds. The van der Waals surface area contributed by atoms with E-state index in [2.05, 4.69) is 41.4 Å². The highest BCUT2D eigenvalue weighted by Crippen LogP contribution is 2.19. The number of hydrogen-bond acceptors (Lipinski definition) is 4. The normalized spacial score (nSPS) is 12.4. The van der Waals surface area contributed by atoms with Crippen molar-refractivity contribution >= 4 is 21.7 Å². The molecule has 2 rings (SSSR count). The van der Waals surface area contributed by atoms with Gasteiger partial charge in [0, 0.05) is 4.47 Å². The van der Waals surface area contributed by atoms with E-state index in [4.69, 9.17) is 0 Å². The van der Waals surface area contributed by atoms with Crippen LogP contribution in [0.15, 0.2) is 22.9 Å². The number of anilines is 1. The lowest BCUT2D eigenvalue weighted by Crippen LogP contribution is -2.10. The summed E-state index contributed by atoms with van der Waals surface area (Å²) >= 11 is 3.42. The molecule has 6 heteroatoms. The molecular formula is C10H12BrN5. The van der Waals surface area contributed by atoms with Crippen LogP contribution >= 0.6 is 15.9 Å². The number of hydrogen-bond donors (Lipinski definition) is 2. The van der Waals surface area contributed by atoms with Crippen LogP contribution in [0, 0.1) is 6.92 Å². The first-order valence-corrected chi connectivity index (χ1v) is 5.71. The zero-order valence-electron chi connectivity index (χ0n) is 9.03. The summed E-state index contributed by atoms with van der Waals surface area (Å²) in [4.78, 5) is 8.49. The number of aromatic amines is 1. The number of pyridine rings is 1. The summed E-state index contributed by atoms with van der Waals surface area (Å²) in [6.45, 7) is 3.95. The summed E-state index contributed by atoms with van der Waals surface area (Å²) in [5.74, 6) is 1.62. The molecule has 0 fully saturated rings. The Hall–Kier alpha value is -1.43. The Morgan fingerprint density at radius 2 is 2.25 bits per heavy atom. The molecule has 2 N–H and O–H groups in total. The van der Waals surface area contributed by atoms with Crippen LogP contribution in [0.3, 0.4) is 0 Å². The average molecular weight is 282 g/mol. The zero-order valence-corrected chi connectivity index (χ0v) is 10.6. The van der Waals surface area contributed by atoms with Gasteiger partial charge in [-0.2, -0.15) is 5.10 Å². The number of nitrogens with zero attached hydrogens (tertiary/aromatic N) is 3. The van der Waals surface area contributed by atoms with Crippen LogP contribution in [-0.4, -0.2) is 20.2 Å². The second-order valence-corrected chi connectivity index (χ2v) is 4.35. The van der Waals surface area contributed by atoms with Gasteiger partial charge in [0.05, 0.1) is 11.7 Å². The molecule has 5 nitrogen and oxygen atoms in total. The minimum absolute atomic E-state index is 0.0515. The molecule has 0 aromatic carbocycles. The molecule has 0 aliphatic rings. The summed E-state index contributed by atoms with van der Waals surface area (Å²) in [7, 11) is 0. The summed E-state index contributed by atoms with van der Waals surface area (Å²) in [6.07, 6.45) is 1.49. The maximum Gasteiger partial charge on any atom is 0.146 e. The van der Waals surface area contributed by atoms with Crippen molar-refractivity contribution in [2.24, 2.45) is 0 Å². The molecule has 16 heavy (non-hydrogen) atoms. The second-order valence-electron chi connectivity index (χ2n) is 3.50. The fourth-order valence-electron chi connectivity index (χ4n) is 1.34. The summed E-state index contributed by atoms with van der Waals surface area (Å²) in [5.41, 5.74) is 0.953. The maximum atomic E-state index is 4.40. The number of nitrogens with one attached hydrogen (secondary N) is 2. The van der Waals surface area contributed by atoms with Crippen molar-refractivity contribution < 1.29 is 0 Å². The molecule has 1 unspecified atom stereocenters. The van der Waals surface area contributed by atoms with Gasteiger partial charge in [0.25, 0.3) is 0 Å². The molecule has 84 valence electrons. The Morgan fingerprint density at radius 3 is 2.88 bits per heavy atom. The van der Waals surface area contributed by atoms with Gasteiger partial charge in [-0.1, -0.05) is 0 Å². The first kappa shape index (κ1) is 11.1. The molecule has 0 bridgehead atoms. The van der Waals surface area contributed by atoms with Gasteiger partial charge < -0.3 is 5.32 Å². The van der Waals surface area contributed by atoms with Crippen LogP contribution in [0.25, 0.3) is 0 Å². The number of aromatic nitrogens is 4. The third-order valence-electron chi connectivity index (χ3n) is 2.23. The number of aryl methyl sites for hydroxylation is 1. The van der Waals surface area contributed by atoms with E-state index in [0.717, 1.165) is 21.8 Å². The molecule has 1 atom stereocenters. The minimum Gasteiger partial charge on any atom is -0.360 e. The molecule has 2 aromatic heterocycles. The Balaban J connectivity index is 2.12. The van der Waals surface area contributed by atoms with E-state index in [9.17, 15) is 0 Å². The van der Waals surface area contributed by atoms with Crippen LogP contribution in [0.4, 0.5) is 5.82 Å². The number of rotatable bonds is 3. The third-order valence-corrected chi connectivity index (χ3v) is 3.07. The largest absolute Gasteiger partial charge is 0.360 e. The highest BCUT2D eigenvalue weighted by atomic mass is 79.9. The van der Waals surface area contributed by atoms with Crippen molar-refractivity contribution in [1.29, 1.82) is 0 Å². The molecular weight excluding hydrogens is 270 g/mol. The lowest BCUT2D eigenvalue weighted by molar-refractivity contribution is 0.789. The maximum absolute atomic E-state index is 4.40. The van der Waals surface area contributed by atoms with Gasteiger partial charge in [-0.25, -0.2) is 9.97 Å². The Labute approximate surface area is 102 Å². The van der Waals surface area contributed by atoms with Crippen molar-refractivity contribution in [3.05, 3.63) is 34.5 Å². The van der Waals surface area contributed by atoms with Crippen LogP contribution < -0.4 is 5.32 Å². The van der Waals surface area contributed by atoms with Gasteiger partial charge >= 0.3 is 0 Å². The average Bonchev–Trinajstić information content (AvgIpc) is 2.77. The van der Waals surface area contributed by atoms with Crippen molar-refractivity contribution in [1.82, 2.24) is 20.2 Å². The third kappa shape index (κ3) is 2.38. The number of H-pyrrole nitrogens is 1. The number of halogens is 1. The lowest BCUT2D eigenvalue weighted by Gasteiger charge is -2.12. The molecule has 0 saturated heterocycles. The van der Waals surface area contributed by atoms with Crippen molar-refractivity contribution in [3.8, 4) is 0 Å². The highest BCUT2D eigenvalue weighted by molar-refractivity contribution is 9.10. The van der Waals surface area contributed by atoms with E-state index in [1.54, 1.807) is 0 Å². The van der Waals surface area contributed by atoms with Gasteiger partial charge in [-0.3, -0.25) is 5.10 Å². The van der Waals surface area contributed by atoms with Crippen molar-refractivity contribution in [3.63, 3.8) is 0 Å². The first-order valence-electron chi connectivity index (χ1n) is 4.92. The topological polar surface area (TPSA) is 66.5 Å². The fourth-order valence-corrected chi connectivity index (χ4v) is 1.56. The van der Waals surface area contributed by atoms with Crippen LogP contribution in [0.2, 0.25) is 0 Å². The van der Waals surface area contributed by atoms with Gasteiger partial charge in [-0.05, 0) is 41.9 Å². The van der Waals surface area contributed by atoms with Crippen LogP contribution in [-0.2, 0) is 0 Å². The van der Waals surface area contributed by atoms with Crippen LogP contribution in [0.1, 0.15) is 24.5 Å². The fraction of sp³-hybridized carbons (Fsp3) is 0.300. The summed E-state index contributed by atoms with van der Waals surface area (Å²) < 4.78 is 1.00. The van der Waals surface area contributed by atoms with Gasteiger partial charge in [0.2, 0.25) is 0 Å². The van der Waals surface area contributed by atoms with E-state index < -0.39 is 0 Å². The predicted octanol–water partition coefficient (Wildman–Crippen LogP) is 2.44. The highest BCUT2D eigenvalue weighted by Gasteiger charge is 2.08. The van der Waals surface area contributed by atoms with Crippen molar-refractivity contribution in [2.75, 3.05) is 5.32 Å². The SMILES string of the molecule is Cc1nc(NC(C)c2ncn[nH]2)ccc1Br. The molecule has 0 saturated carbocycles. The molecule has 2 aromatic rings. The lowest BCUT2D eigenvalue weighted by atomic mass is 10.3. The Kier molecular flexibility index (Phi) is 3.19. The smallest absolute Gasteiger partial charge is 0.146 e. The summed E-state index contributed by atoms with van der Waals surface area (Å²) in [5, 5.41) is 9.88. The molecule has 0 aliphatic heterocycles. The van der Waals surface area contributed by atoms with E-state index >= 15 is 0 Å². The quantitative estimate of drug-likeness (QED) is 0.907. The first-order chi connectivity index (χ1) is 7.66. The monoisotopic (exact) mass is 281 g/mol. The standard InChI is InChI=1S/C10H12BrN5/c1-6-8(11)3-4-9(14-6)15-7(2)10-12-5-13-16-10/h3-5,7H,1-2H3,(H,14,15)(H,12,13,16). The summed E-state index contributed by atoms with van der Waals surface area (Å²) in [6, 6.07) is 3.94. The van der Waals surface area contributed by atoms with Gasteiger partial charge in [-0.15, -0.1) is 0 Å². The van der Waals surface area contributed by atoms with Crippen molar-refractivity contribution in [2.45, 2.75) is 19.9 Å². The van der Waals surface area contributed by atoms with E-state index in [1.807, 2.05) is 26.0 Å². The van der Waals surface area contributed by atoms with Gasteiger partial charge in [0.1, 0.15) is 18.0 Å². The van der Waals surface area contributed by atoms with Crippen LogP contribution in [0.5, 0.6) is 0 Å². The molecule has 0 aliphatic carbocycles.